The number of hydrogen-bond donors (Lipinski definition) is 0. The van der Waals surface area contributed by atoms with Crippen molar-refractivity contribution >= 4 is 40.5 Å². The van der Waals surface area contributed by atoms with Crippen LogP contribution in [-0.2, 0) is 9.59 Å². The third-order valence-corrected chi connectivity index (χ3v) is 6.08. The maximum absolute atomic E-state index is 13.4. The maximum Gasteiger partial charge on any atom is 0.283 e. The molecule has 1 aliphatic heterocycles. The second-order valence-corrected chi connectivity index (χ2v) is 8.48. The van der Waals surface area contributed by atoms with Gasteiger partial charge < -0.3 is 9.64 Å². The Labute approximate surface area is 194 Å². The Morgan fingerprint density at radius 1 is 1.09 bits per heavy atom. The van der Waals surface area contributed by atoms with Crippen LogP contribution in [0, 0.1) is 13.8 Å². The molecule has 0 N–H and O–H groups in total. The molecular formula is C25H29N3O3S. The highest BCUT2D eigenvalue weighted by atomic mass is 32.2. The minimum atomic E-state index is -0.205. The molecule has 1 heterocycles. The maximum atomic E-state index is 13.4. The van der Waals surface area contributed by atoms with Crippen molar-refractivity contribution in [1.82, 2.24) is 4.90 Å². The Hall–Kier alpha value is -3.06. The van der Waals surface area contributed by atoms with E-state index < -0.39 is 0 Å². The molecule has 0 saturated heterocycles. The normalized spacial score (nSPS) is 14.7. The van der Waals surface area contributed by atoms with Crippen molar-refractivity contribution < 1.29 is 14.3 Å². The van der Waals surface area contributed by atoms with Gasteiger partial charge in [-0.15, -0.1) is 0 Å². The Morgan fingerprint density at radius 3 is 2.28 bits per heavy atom. The summed E-state index contributed by atoms with van der Waals surface area (Å²) in [7, 11) is 1.61. The zero-order valence-electron chi connectivity index (χ0n) is 19.2. The van der Waals surface area contributed by atoms with Gasteiger partial charge in [-0.3, -0.25) is 14.5 Å². The zero-order valence-corrected chi connectivity index (χ0v) is 20.0. The monoisotopic (exact) mass is 451 g/mol. The topological polar surface area (TPSA) is 62.2 Å². The van der Waals surface area contributed by atoms with Crippen molar-refractivity contribution in [3.05, 3.63) is 64.9 Å². The molecule has 0 fully saturated rings. The van der Waals surface area contributed by atoms with Crippen LogP contribution in [0.1, 0.15) is 30.5 Å². The van der Waals surface area contributed by atoms with Gasteiger partial charge in [0, 0.05) is 13.1 Å². The highest BCUT2D eigenvalue weighted by molar-refractivity contribution is 8.14. The molecule has 0 atom stereocenters. The van der Waals surface area contributed by atoms with Gasteiger partial charge >= 0.3 is 0 Å². The lowest BCUT2D eigenvalue weighted by Crippen LogP contribution is -2.34. The first-order valence-corrected chi connectivity index (χ1v) is 11.6. The van der Waals surface area contributed by atoms with E-state index in [9.17, 15) is 9.59 Å². The molecule has 0 radical (unpaired) electrons. The summed E-state index contributed by atoms with van der Waals surface area (Å²) < 4.78 is 5.20. The SMILES string of the molecule is CCN(CC)C(=O)CSC1=N/C(=C\c2ccc(OC)cc2)C(=O)N1c1cc(C)cc(C)c1. The fourth-order valence-corrected chi connectivity index (χ4v) is 4.47. The number of amidine groups is 1. The van der Waals surface area contributed by atoms with E-state index in [0.29, 0.717) is 24.0 Å². The number of benzene rings is 2. The molecule has 0 saturated carbocycles. The van der Waals surface area contributed by atoms with E-state index >= 15 is 0 Å². The molecule has 2 aromatic carbocycles. The van der Waals surface area contributed by atoms with Crippen molar-refractivity contribution in [3.8, 4) is 5.75 Å². The molecule has 7 heteroatoms. The number of hydrogen-bond acceptors (Lipinski definition) is 5. The molecule has 0 unspecified atom stereocenters. The first-order chi connectivity index (χ1) is 15.4. The first kappa shape index (κ1) is 23.6. The molecule has 3 rings (SSSR count). The van der Waals surface area contributed by atoms with Crippen molar-refractivity contribution in [3.63, 3.8) is 0 Å². The van der Waals surface area contributed by atoms with Crippen LogP contribution in [-0.4, -0.2) is 47.8 Å². The fourth-order valence-electron chi connectivity index (χ4n) is 3.55. The van der Waals surface area contributed by atoms with Crippen LogP contribution in [0.2, 0.25) is 0 Å². The lowest BCUT2D eigenvalue weighted by Gasteiger charge is -2.21. The number of methoxy groups -OCH3 is 1. The van der Waals surface area contributed by atoms with Crippen molar-refractivity contribution in [1.29, 1.82) is 0 Å². The standard InChI is InChI=1S/C25H29N3O3S/c1-6-27(7-2)23(29)16-32-25-26-22(15-19-8-10-21(31-5)11-9-19)24(30)28(25)20-13-17(3)12-18(4)14-20/h8-15H,6-7,16H2,1-5H3/b22-15-. The number of rotatable bonds is 7. The predicted molar refractivity (Wildman–Crippen MR) is 132 cm³/mol. The van der Waals surface area contributed by atoms with Gasteiger partial charge in [-0.25, -0.2) is 4.99 Å². The second-order valence-electron chi connectivity index (χ2n) is 7.54. The van der Waals surface area contributed by atoms with Gasteiger partial charge in [0.25, 0.3) is 5.91 Å². The molecule has 0 spiro atoms. The third kappa shape index (κ3) is 5.40. The van der Waals surface area contributed by atoms with Crippen LogP contribution < -0.4 is 9.64 Å². The van der Waals surface area contributed by atoms with E-state index in [1.54, 1.807) is 23.0 Å². The summed E-state index contributed by atoms with van der Waals surface area (Å²) in [5.41, 5.74) is 4.07. The molecule has 2 aromatic rings. The molecule has 6 nitrogen and oxygen atoms in total. The zero-order chi connectivity index (χ0) is 23.3. The van der Waals surface area contributed by atoms with Crippen LogP contribution in [0.25, 0.3) is 6.08 Å². The number of carbonyl (C=O) groups excluding carboxylic acids is 2. The second kappa shape index (κ2) is 10.5. The Morgan fingerprint density at radius 2 is 1.72 bits per heavy atom. The number of thioether (sulfide) groups is 1. The summed E-state index contributed by atoms with van der Waals surface area (Å²) in [6, 6.07) is 13.4. The quantitative estimate of drug-likeness (QED) is 0.575. The molecule has 168 valence electrons. The molecule has 32 heavy (non-hydrogen) atoms. The molecule has 0 aromatic heterocycles. The minimum Gasteiger partial charge on any atom is -0.497 e. The largest absolute Gasteiger partial charge is 0.497 e. The number of aliphatic imine (C=N–C) groups is 1. The first-order valence-electron chi connectivity index (χ1n) is 10.6. The molecule has 0 bridgehead atoms. The van der Waals surface area contributed by atoms with Gasteiger partial charge in [0.05, 0.1) is 18.6 Å². The van der Waals surface area contributed by atoms with Crippen LogP contribution in [0.4, 0.5) is 5.69 Å². The van der Waals surface area contributed by atoms with E-state index in [-0.39, 0.29) is 17.6 Å². The Bertz CT molecular complexity index is 1040. The summed E-state index contributed by atoms with van der Waals surface area (Å²) >= 11 is 1.29. The van der Waals surface area contributed by atoms with Crippen LogP contribution >= 0.6 is 11.8 Å². The van der Waals surface area contributed by atoms with E-state index in [4.69, 9.17) is 4.74 Å². The Kier molecular flexibility index (Phi) is 7.75. The average Bonchev–Trinajstić information content (AvgIpc) is 3.08. The van der Waals surface area contributed by atoms with Crippen LogP contribution in [0.3, 0.4) is 0 Å². The molecular weight excluding hydrogens is 422 g/mol. The third-order valence-electron chi connectivity index (χ3n) is 5.15. The summed E-state index contributed by atoms with van der Waals surface area (Å²) in [5.74, 6) is 0.799. The number of anilines is 1. The van der Waals surface area contributed by atoms with Crippen LogP contribution in [0.15, 0.2) is 53.2 Å². The smallest absolute Gasteiger partial charge is 0.283 e. The van der Waals surface area contributed by atoms with Crippen molar-refractivity contribution in [2.75, 3.05) is 30.9 Å². The Balaban J connectivity index is 1.94. The van der Waals surface area contributed by atoms with E-state index in [1.807, 2.05) is 64.1 Å². The minimum absolute atomic E-state index is 0.0307. The number of carbonyl (C=O) groups is 2. The van der Waals surface area contributed by atoms with Crippen LogP contribution in [0.5, 0.6) is 5.75 Å². The van der Waals surface area contributed by atoms with E-state index in [2.05, 4.69) is 11.1 Å². The predicted octanol–water partition coefficient (Wildman–Crippen LogP) is 4.66. The molecule has 2 amide bonds. The van der Waals surface area contributed by atoms with Gasteiger partial charge in [-0.1, -0.05) is 30.0 Å². The highest BCUT2D eigenvalue weighted by Crippen LogP contribution is 2.31. The van der Waals surface area contributed by atoms with Gasteiger partial charge in [0.15, 0.2) is 5.17 Å². The van der Waals surface area contributed by atoms with Gasteiger partial charge in [-0.05, 0) is 74.7 Å². The van der Waals surface area contributed by atoms with Gasteiger partial charge in [-0.2, -0.15) is 0 Å². The lowest BCUT2D eigenvalue weighted by atomic mass is 10.1. The van der Waals surface area contributed by atoms with E-state index in [1.165, 1.54) is 11.8 Å². The molecule has 0 aliphatic carbocycles. The van der Waals surface area contributed by atoms with E-state index in [0.717, 1.165) is 28.1 Å². The lowest BCUT2D eigenvalue weighted by molar-refractivity contribution is -0.128. The number of amides is 2. The number of aryl methyl sites for hydroxylation is 2. The summed E-state index contributed by atoms with van der Waals surface area (Å²) in [5, 5.41) is 0.514. The number of nitrogens with zero attached hydrogens (tertiary/aromatic N) is 3. The van der Waals surface area contributed by atoms with Crippen molar-refractivity contribution in [2.45, 2.75) is 27.7 Å². The highest BCUT2D eigenvalue weighted by Gasteiger charge is 2.32. The average molecular weight is 452 g/mol. The van der Waals surface area contributed by atoms with Gasteiger partial charge in [0.1, 0.15) is 11.4 Å². The number of ether oxygens (including phenoxy) is 1. The fraction of sp³-hybridized carbons (Fsp3) is 0.320. The molecule has 1 aliphatic rings. The summed E-state index contributed by atoms with van der Waals surface area (Å²) in [4.78, 5) is 33.9. The van der Waals surface area contributed by atoms with Gasteiger partial charge in [0.2, 0.25) is 5.91 Å². The summed E-state index contributed by atoms with van der Waals surface area (Å²) in [6.07, 6.45) is 1.76. The van der Waals surface area contributed by atoms with Crippen molar-refractivity contribution in [2.24, 2.45) is 4.99 Å². The summed E-state index contributed by atoms with van der Waals surface area (Å²) in [6.45, 7) is 9.23.